The molecule has 0 aliphatic heterocycles. The number of carbonyl (C=O) groups is 1. The third-order valence-corrected chi connectivity index (χ3v) is 6.40. The molecule has 0 spiro atoms. The Hall–Kier alpha value is -1.93. The van der Waals surface area contributed by atoms with Crippen LogP contribution < -0.4 is 4.74 Å². The summed E-state index contributed by atoms with van der Waals surface area (Å²) < 4.78 is 32.6. The summed E-state index contributed by atoms with van der Waals surface area (Å²) in [5.41, 5.74) is 0. The van der Waals surface area contributed by atoms with Gasteiger partial charge in [-0.1, -0.05) is 46.9 Å². The smallest absolute Gasteiger partial charge is 0.326 e. The molecule has 0 N–H and O–H groups in total. The SMILES string of the molecule is CC(C)(I)C(=O)Oc1cccc([S+](c2ccccc2)c2cc(F)cc(F)c2)c1. The zero-order valence-corrected chi connectivity index (χ0v) is 18.3. The molecule has 3 aromatic carbocycles. The van der Waals surface area contributed by atoms with Crippen LogP contribution >= 0.6 is 22.6 Å². The standard InChI is InChI=1S/C22H18F2IO2S/c1-22(2,25)21(26)27-17-7-6-10-19(14-17)28(18-8-4-3-5-9-18)20-12-15(23)11-16(24)13-20/h3-14H,1-2H3/q+1. The summed E-state index contributed by atoms with van der Waals surface area (Å²) in [6, 6.07) is 20.1. The summed E-state index contributed by atoms with van der Waals surface area (Å²) in [5.74, 6) is -1.21. The third kappa shape index (κ3) is 5.11. The second kappa shape index (κ2) is 8.61. The van der Waals surface area contributed by atoms with E-state index in [1.165, 1.54) is 12.1 Å². The van der Waals surface area contributed by atoms with Crippen molar-refractivity contribution >= 4 is 39.5 Å². The van der Waals surface area contributed by atoms with Gasteiger partial charge in [0, 0.05) is 24.3 Å². The Bertz CT molecular complexity index is 967. The molecule has 2 nitrogen and oxygen atoms in total. The van der Waals surface area contributed by atoms with Crippen LogP contribution in [0.5, 0.6) is 5.75 Å². The van der Waals surface area contributed by atoms with E-state index in [0.717, 1.165) is 15.9 Å². The molecule has 0 aliphatic rings. The maximum atomic E-state index is 13.9. The van der Waals surface area contributed by atoms with E-state index in [4.69, 9.17) is 4.74 Å². The van der Waals surface area contributed by atoms with E-state index in [9.17, 15) is 13.6 Å². The molecule has 0 fully saturated rings. The molecule has 0 saturated heterocycles. The van der Waals surface area contributed by atoms with Crippen molar-refractivity contribution in [3.8, 4) is 5.75 Å². The monoisotopic (exact) mass is 511 g/mol. The fraction of sp³-hybridized carbons (Fsp3) is 0.136. The van der Waals surface area contributed by atoms with Gasteiger partial charge >= 0.3 is 5.97 Å². The van der Waals surface area contributed by atoms with Gasteiger partial charge in [0.25, 0.3) is 0 Å². The molecule has 0 heterocycles. The lowest BCUT2D eigenvalue weighted by Crippen LogP contribution is -2.29. The maximum absolute atomic E-state index is 13.9. The molecule has 3 rings (SSSR count). The molecule has 0 aromatic heterocycles. The van der Waals surface area contributed by atoms with E-state index in [1.54, 1.807) is 32.0 Å². The number of carbonyl (C=O) groups excluding carboxylic acids is 1. The van der Waals surface area contributed by atoms with Gasteiger partial charge in [0.1, 0.15) is 20.8 Å². The van der Waals surface area contributed by atoms with Crippen molar-refractivity contribution < 1.29 is 18.3 Å². The Morgan fingerprint density at radius 3 is 2.07 bits per heavy atom. The molecule has 28 heavy (non-hydrogen) atoms. The largest absolute Gasteiger partial charge is 0.425 e. The lowest BCUT2D eigenvalue weighted by atomic mass is 10.2. The van der Waals surface area contributed by atoms with Crippen LogP contribution in [-0.4, -0.2) is 9.39 Å². The number of rotatable bonds is 5. The zero-order valence-electron chi connectivity index (χ0n) is 15.3. The number of benzene rings is 3. The minimum Gasteiger partial charge on any atom is -0.425 e. The van der Waals surface area contributed by atoms with Crippen LogP contribution in [0.15, 0.2) is 87.5 Å². The van der Waals surface area contributed by atoms with E-state index in [0.29, 0.717) is 10.6 Å². The first-order chi connectivity index (χ1) is 13.2. The molecule has 0 amide bonds. The normalized spacial score (nSPS) is 12.5. The molecule has 3 aromatic rings. The Morgan fingerprint density at radius 1 is 0.857 bits per heavy atom. The Morgan fingerprint density at radius 2 is 1.46 bits per heavy atom. The zero-order chi connectivity index (χ0) is 20.3. The first kappa shape index (κ1) is 20.8. The van der Waals surface area contributed by atoms with Gasteiger partial charge in [0.05, 0.1) is 10.9 Å². The summed E-state index contributed by atoms with van der Waals surface area (Å²) in [5, 5.41) is 0. The van der Waals surface area contributed by atoms with Crippen molar-refractivity contribution in [2.24, 2.45) is 0 Å². The second-order valence-corrected chi connectivity index (χ2v) is 11.3. The highest BCUT2D eigenvalue weighted by atomic mass is 127. The second-order valence-electron chi connectivity index (χ2n) is 6.56. The fourth-order valence-corrected chi connectivity index (χ4v) is 4.77. The Labute approximate surface area is 179 Å². The Balaban J connectivity index is 2.07. The van der Waals surface area contributed by atoms with Gasteiger partial charge in [0.15, 0.2) is 14.7 Å². The van der Waals surface area contributed by atoms with Gasteiger partial charge < -0.3 is 4.74 Å². The van der Waals surface area contributed by atoms with Crippen LogP contribution in [0.1, 0.15) is 13.8 Å². The quantitative estimate of drug-likeness (QED) is 0.135. The molecule has 0 saturated carbocycles. The van der Waals surface area contributed by atoms with Gasteiger partial charge in [-0.05, 0) is 38.1 Å². The fourth-order valence-electron chi connectivity index (χ4n) is 2.50. The van der Waals surface area contributed by atoms with Gasteiger partial charge in [0.2, 0.25) is 0 Å². The van der Waals surface area contributed by atoms with Gasteiger partial charge in [-0.15, -0.1) is 0 Å². The minimum absolute atomic E-state index is 0.360. The highest BCUT2D eigenvalue weighted by molar-refractivity contribution is 14.1. The number of ether oxygens (including phenoxy) is 1. The van der Waals surface area contributed by atoms with Crippen molar-refractivity contribution in [1.82, 2.24) is 0 Å². The number of hydrogen-bond donors (Lipinski definition) is 0. The first-order valence-electron chi connectivity index (χ1n) is 8.51. The topological polar surface area (TPSA) is 26.3 Å². The average molecular weight is 511 g/mol. The summed E-state index contributed by atoms with van der Waals surface area (Å²) in [6.07, 6.45) is 0. The molecule has 6 heteroatoms. The van der Waals surface area contributed by atoms with Crippen LogP contribution in [0, 0.1) is 11.6 Å². The minimum atomic E-state index is -0.755. The van der Waals surface area contributed by atoms with E-state index in [2.05, 4.69) is 0 Å². The highest BCUT2D eigenvalue weighted by Crippen LogP contribution is 2.34. The predicted octanol–water partition coefficient (Wildman–Crippen LogP) is 6.18. The van der Waals surface area contributed by atoms with E-state index in [1.807, 2.05) is 59.0 Å². The summed E-state index contributed by atoms with van der Waals surface area (Å²) >= 11 is 2.02. The van der Waals surface area contributed by atoms with Gasteiger partial charge in [-0.2, -0.15) is 0 Å². The molecule has 1 atom stereocenters. The number of halogens is 3. The lowest BCUT2D eigenvalue weighted by Gasteiger charge is -2.15. The van der Waals surface area contributed by atoms with E-state index in [-0.39, 0.29) is 5.97 Å². The van der Waals surface area contributed by atoms with Crippen LogP contribution in [0.25, 0.3) is 0 Å². The van der Waals surface area contributed by atoms with Crippen LogP contribution in [0.4, 0.5) is 8.78 Å². The molecule has 1 unspecified atom stereocenters. The van der Waals surface area contributed by atoms with Crippen molar-refractivity contribution in [3.05, 3.63) is 84.4 Å². The molecule has 0 bridgehead atoms. The third-order valence-electron chi connectivity index (χ3n) is 3.79. The van der Waals surface area contributed by atoms with Crippen molar-refractivity contribution in [3.63, 3.8) is 0 Å². The van der Waals surface area contributed by atoms with Gasteiger partial charge in [-0.25, -0.2) is 8.78 Å². The molecule has 144 valence electrons. The molecular weight excluding hydrogens is 493 g/mol. The summed E-state index contributed by atoms with van der Waals surface area (Å²) in [6.45, 7) is 3.54. The van der Waals surface area contributed by atoms with Gasteiger partial charge in [-0.3, -0.25) is 4.79 Å². The maximum Gasteiger partial charge on any atom is 0.326 e. The number of esters is 1. The molecular formula is C22H18F2IO2S+. The number of alkyl halides is 1. The summed E-state index contributed by atoms with van der Waals surface area (Å²) in [4.78, 5) is 14.4. The average Bonchev–Trinajstić information content (AvgIpc) is 2.61. The molecule has 0 radical (unpaired) electrons. The van der Waals surface area contributed by atoms with Crippen molar-refractivity contribution in [1.29, 1.82) is 0 Å². The van der Waals surface area contributed by atoms with E-state index >= 15 is 0 Å². The van der Waals surface area contributed by atoms with Crippen molar-refractivity contribution in [2.75, 3.05) is 0 Å². The highest BCUT2D eigenvalue weighted by Gasteiger charge is 2.31. The molecule has 0 aliphatic carbocycles. The Kier molecular flexibility index (Phi) is 6.40. The van der Waals surface area contributed by atoms with Crippen LogP contribution in [0.3, 0.4) is 0 Å². The first-order valence-corrected chi connectivity index (χ1v) is 10.8. The van der Waals surface area contributed by atoms with Crippen LogP contribution in [-0.2, 0) is 15.7 Å². The summed E-state index contributed by atoms with van der Waals surface area (Å²) in [7, 11) is -0.755. The number of hydrogen-bond acceptors (Lipinski definition) is 2. The van der Waals surface area contributed by atoms with E-state index < -0.39 is 26.0 Å². The van der Waals surface area contributed by atoms with Crippen LogP contribution in [0.2, 0.25) is 0 Å². The lowest BCUT2D eigenvalue weighted by molar-refractivity contribution is -0.135. The predicted molar refractivity (Wildman–Crippen MR) is 115 cm³/mol. The van der Waals surface area contributed by atoms with Crippen molar-refractivity contribution in [2.45, 2.75) is 32.0 Å².